The zero-order chi connectivity index (χ0) is 11.4. The van der Waals surface area contributed by atoms with E-state index in [0.717, 1.165) is 5.57 Å². The second kappa shape index (κ2) is 5.15. The smallest absolute Gasteiger partial charge is 0.309 e. The van der Waals surface area contributed by atoms with Gasteiger partial charge in [0, 0.05) is 0 Å². The molecule has 0 aromatic rings. The predicted molar refractivity (Wildman–Crippen MR) is 55.9 cm³/mol. The minimum atomic E-state index is -0.727. The number of ether oxygens (including phenoxy) is 1. The molecule has 0 aromatic carbocycles. The Morgan fingerprint density at radius 2 is 2.00 bits per heavy atom. The second-order valence-electron chi connectivity index (χ2n) is 4.34. The van der Waals surface area contributed by atoms with Gasteiger partial charge in [-0.05, 0) is 40.2 Å². The van der Waals surface area contributed by atoms with Crippen molar-refractivity contribution in [3.63, 3.8) is 0 Å². The largest absolute Gasteiger partial charge is 0.460 e. The Morgan fingerprint density at radius 3 is 2.36 bits per heavy atom. The number of hydrogen-bond donors (Lipinski definition) is 1. The highest BCUT2D eigenvalue weighted by Gasteiger charge is 2.19. The van der Waals surface area contributed by atoms with Crippen LogP contribution in [0.3, 0.4) is 0 Å². The van der Waals surface area contributed by atoms with E-state index in [2.05, 4.69) is 0 Å². The van der Waals surface area contributed by atoms with Gasteiger partial charge < -0.3 is 9.84 Å². The maximum Gasteiger partial charge on any atom is 0.309 e. The molecule has 0 saturated carbocycles. The van der Waals surface area contributed by atoms with Crippen LogP contribution in [0.1, 0.15) is 41.0 Å². The molecule has 0 aliphatic rings. The lowest BCUT2D eigenvalue weighted by atomic mass is 10.1. The minimum Gasteiger partial charge on any atom is -0.460 e. The lowest BCUT2D eigenvalue weighted by Crippen LogP contribution is -2.26. The minimum absolute atomic E-state index is 0.0213. The van der Waals surface area contributed by atoms with Gasteiger partial charge in [0.1, 0.15) is 5.60 Å². The summed E-state index contributed by atoms with van der Waals surface area (Å²) < 4.78 is 5.08. The average Bonchev–Trinajstić information content (AvgIpc) is 1.99. The lowest BCUT2D eigenvalue weighted by Gasteiger charge is -2.20. The molecule has 0 aromatic heterocycles. The highest BCUT2D eigenvalue weighted by Crippen LogP contribution is 2.12. The summed E-state index contributed by atoms with van der Waals surface area (Å²) in [6.07, 6.45) is 1.08. The second-order valence-corrected chi connectivity index (χ2v) is 4.34. The van der Waals surface area contributed by atoms with Crippen LogP contribution in [0.2, 0.25) is 0 Å². The van der Waals surface area contributed by atoms with Crippen LogP contribution in [0.25, 0.3) is 0 Å². The van der Waals surface area contributed by atoms with E-state index in [1.165, 1.54) is 0 Å². The maximum absolute atomic E-state index is 11.3. The number of carbonyl (C=O) groups excluding carboxylic acids is 1. The van der Waals surface area contributed by atoms with Gasteiger partial charge in [-0.3, -0.25) is 4.79 Å². The Kier molecular flexibility index (Phi) is 4.85. The Bertz CT molecular complexity index is 223. The van der Waals surface area contributed by atoms with E-state index < -0.39 is 11.7 Å². The molecule has 0 saturated heterocycles. The molecular formula is C11H20O3. The molecule has 0 unspecified atom stereocenters. The first-order valence-corrected chi connectivity index (χ1v) is 4.79. The number of hydrogen-bond acceptors (Lipinski definition) is 3. The highest BCUT2D eigenvalue weighted by atomic mass is 16.6. The molecule has 0 heterocycles. The van der Waals surface area contributed by atoms with Crippen molar-refractivity contribution in [2.75, 3.05) is 0 Å². The van der Waals surface area contributed by atoms with Gasteiger partial charge in [-0.1, -0.05) is 6.08 Å². The fourth-order valence-electron chi connectivity index (χ4n) is 0.894. The summed E-state index contributed by atoms with van der Waals surface area (Å²) in [7, 11) is 0. The van der Waals surface area contributed by atoms with Gasteiger partial charge in [-0.15, -0.1) is 0 Å². The van der Waals surface area contributed by atoms with Gasteiger partial charge in [0.2, 0.25) is 0 Å². The van der Waals surface area contributed by atoms with E-state index in [0.29, 0.717) is 0 Å². The van der Waals surface area contributed by atoms with E-state index in [-0.39, 0.29) is 12.4 Å². The molecule has 1 N–H and O–H groups in total. The summed E-state index contributed by atoms with van der Waals surface area (Å²) in [4.78, 5) is 11.3. The highest BCUT2D eigenvalue weighted by molar-refractivity contribution is 5.70. The van der Waals surface area contributed by atoms with E-state index in [9.17, 15) is 9.90 Å². The van der Waals surface area contributed by atoms with Crippen LogP contribution in [0.5, 0.6) is 0 Å². The van der Waals surface area contributed by atoms with Crippen LogP contribution in [0, 0.1) is 0 Å². The number of rotatable bonds is 3. The summed E-state index contributed by atoms with van der Waals surface area (Å²) in [5, 5.41) is 9.52. The molecule has 14 heavy (non-hydrogen) atoms. The number of esters is 1. The van der Waals surface area contributed by atoms with E-state index in [4.69, 9.17) is 4.74 Å². The quantitative estimate of drug-likeness (QED) is 0.560. The van der Waals surface area contributed by atoms with Crippen molar-refractivity contribution in [1.82, 2.24) is 0 Å². The number of allylic oxidation sites excluding steroid dienone is 1. The monoisotopic (exact) mass is 200 g/mol. The molecule has 82 valence electrons. The number of carbonyl (C=O) groups is 1. The summed E-state index contributed by atoms with van der Waals surface area (Å²) in [6.45, 7) is 9.03. The molecule has 0 fully saturated rings. The molecule has 0 rings (SSSR count). The van der Waals surface area contributed by atoms with Crippen LogP contribution >= 0.6 is 0 Å². The van der Waals surface area contributed by atoms with Gasteiger partial charge in [0.25, 0.3) is 0 Å². The first-order valence-electron chi connectivity index (χ1n) is 4.79. The summed E-state index contributed by atoms with van der Waals surface area (Å²) in [5.41, 5.74) is 0.302. The van der Waals surface area contributed by atoms with Crippen LogP contribution in [-0.2, 0) is 9.53 Å². The van der Waals surface area contributed by atoms with Gasteiger partial charge in [-0.25, -0.2) is 0 Å². The van der Waals surface area contributed by atoms with Crippen molar-refractivity contribution in [3.05, 3.63) is 11.6 Å². The zero-order valence-corrected chi connectivity index (χ0v) is 9.63. The van der Waals surface area contributed by atoms with Gasteiger partial charge in [0.05, 0.1) is 12.5 Å². The van der Waals surface area contributed by atoms with Crippen molar-refractivity contribution >= 4 is 5.97 Å². The zero-order valence-electron chi connectivity index (χ0n) is 9.63. The Morgan fingerprint density at radius 1 is 1.50 bits per heavy atom. The summed E-state index contributed by atoms with van der Waals surface area (Å²) in [6, 6.07) is 0. The molecule has 0 aliphatic carbocycles. The topological polar surface area (TPSA) is 46.5 Å². The van der Waals surface area contributed by atoms with Crippen LogP contribution < -0.4 is 0 Å². The predicted octanol–water partition coefficient (Wildman–Crippen LogP) is 2.05. The molecule has 1 atom stereocenters. The number of aliphatic hydroxyl groups excluding tert-OH is 1. The first kappa shape index (κ1) is 13.2. The SMILES string of the molecule is C/C=C(\C)[C@H](O)CC(=O)OC(C)(C)C. The summed E-state index contributed by atoms with van der Waals surface area (Å²) >= 11 is 0. The Labute approximate surface area is 85.8 Å². The standard InChI is InChI=1S/C11H20O3/c1-6-8(2)9(12)7-10(13)14-11(3,4)5/h6,9,12H,7H2,1-5H3/b8-6+/t9-/m1/s1. The fraction of sp³-hybridized carbons (Fsp3) is 0.727. The van der Waals surface area contributed by atoms with Crippen molar-refractivity contribution < 1.29 is 14.6 Å². The molecule has 0 aliphatic heterocycles. The molecule has 3 nitrogen and oxygen atoms in total. The third-order valence-electron chi connectivity index (χ3n) is 1.76. The van der Waals surface area contributed by atoms with E-state index in [1.807, 2.05) is 6.92 Å². The van der Waals surface area contributed by atoms with Gasteiger partial charge in [-0.2, -0.15) is 0 Å². The van der Waals surface area contributed by atoms with Crippen molar-refractivity contribution in [3.8, 4) is 0 Å². The van der Waals surface area contributed by atoms with Crippen molar-refractivity contribution in [2.45, 2.75) is 52.7 Å². The molecule has 0 amide bonds. The number of aliphatic hydroxyl groups is 1. The van der Waals surface area contributed by atoms with Gasteiger partial charge in [0.15, 0.2) is 0 Å². The van der Waals surface area contributed by atoms with E-state index in [1.54, 1.807) is 33.8 Å². The molecule has 0 radical (unpaired) electrons. The first-order chi connectivity index (χ1) is 6.26. The average molecular weight is 200 g/mol. The molecule has 0 spiro atoms. The third kappa shape index (κ3) is 5.75. The molecular weight excluding hydrogens is 180 g/mol. The van der Waals surface area contributed by atoms with Gasteiger partial charge >= 0.3 is 5.97 Å². The fourth-order valence-corrected chi connectivity index (χ4v) is 0.894. The Hall–Kier alpha value is -0.830. The maximum atomic E-state index is 11.3. The van der Waals surface area contributed by atoms with E-state index >= 15 is 0 Å². The van der Waals surface area contributed by atoms with Crippen LogP contribution in [0.4, 0.5) is 0 Å². The third-order valence-corrected chi connectivity index (χ3v) is 1.76. The lowest BCUT2D eigenvalue weighted by molar-refractivity contribution is -0.156. The Balaban J connectivity index is 4.08. The van der Waals surface area contributed by atoms with Crippen molar-refractivity contribution in [1.29, 1.82) is 0 Å². The van der Waals surface area contributed by atoms with Crippen molar-refractivity contribution in [2.24, 2.45) is 0 Å². The van der Waals surface area contributed by atoms with Crippen LogP contribution in [-0.4, -0.2) is 22.8 Å². The summed E-state index contributed by atoms with van der Waals surface area (Å²) in [5.74, 6) is -0.369. The molecule has 0 bridgehead atoms. The normalized spacial score (nSPS) is 15.1. The van der Waals surface area contributed by atoms with Crippen LogP contribution in [0.15, 0.2) is 11.6 Å². The molecule has 3 heteroatoms.